The summed E-state index contributed by atoms with van der Waals surface area (Å²) in [6.45, 7) is 7.84. The first kappa shape index (κ1) is 14.8. The fourth-order valence-corrected chi connectivity index (χ4v) is 2.08. The van der Waals surface area contributed by atoms with Crippen molar-refractivity contribution < 1.29 is 19.2 Å². The van der Waals surface area contributed by atoms with Gasteiger partial charge in [0.2, 0.25) is 0 Å². The number of carbonyl (C=O) groups is 1. The maximum atomic E-state index is 12.3. The molecule has 7 heteroatoms. The number of aliphatic hydroxyl groups excluding tert-OH is 1. The molecule has 0 radical (unpaired) electrons. The van der Waals surface area contributed by atoms with Crippen molar-refractivity contribution in [3.05, 3.63) is 11.8 Å². The fourth-order valence-electron chi connectivity index (χ4n) is 2.08. The molecule has 1 aliphatic rings. The first-order valence-corrected chi connectivity index (χ1v) is 6.51. The molecule has 2 atom stereocenters. The van der Waals surface area contributed by atoms with E-state index in [0.717, 1.165) is 0 Å². The second kappa shape index (κ2) is 5.06. The number of rotatable bonds is 3. The Balaban J connectivity index is 2.28. The highest BCUT2D eigenvalue weighted by Gasteiger charge is 2.44. The van der Waals surface area contributed by atoms with Crippen LogP contribution in [-0.4, -0.2) is 47.3 Å². The van der Waals surface area contributed by atoms with Gasteiger partial charge in [-0.05, 0) is 6.92 Å². The number of nitrogens with zero attached hydrogens (tertiary/aromatic N) is 3. The summed E-state index contributed by atoms with van der Waals surface area (Å²) in [6.07, 6.45) is -0.976. The molecular formula is C13H21N3O4. The van der Waals surface area contributed by atoms with Crippen LogP contribution in [-0.2, 0) is 10.2 Å². The molecule has 2 heterocycles. The highest BCUT2D eigenvalue weighted by Crippen LogP contribution is 2.31. The van der Waals surface area contributed by atoms with E-state index in [2.05, 4.69) is 5.16 Å². The lowest BCUT2D eigenvalue weighted by Gasteiger charge is -2.18. The van der Waals surface area contributed by atoms with Crippen LogP contribution in [0.15, 0.2) is 10.6 Å². The largest absolute Gasteiger partial charge is 0.371 e. The molecule has 2 amide bonds. The van der Waals surface area contributed by atoms with Crippen molar-refractivity contribution in [1.29, 1.82) is 0 Å². The van der Waals surface area contributed by atoms with E-state index in [1.165, 1.54) is 16.9 Å². The molecule has 1 fully saturated rings. The van der Waals surface area contributed by atoms with Crippen molar-refractivity contribution in [2.45, 2.75) is 45.4 Å². The summed E-state index contributed by atoms with van der Waals surface area (Å²) in [5.74, 6) is 0.975. The maximum Gasteiger partial charge on any atom is 0.330 e. The van der Waals surface area contributed by atoms with Crippen molar-refractivity contribution in [3.63, 3.8) is 0 Å². The molecule has 0 saturated carbocycles. The standard InChI is InChI=1S/C13H21N3O4/c1-8-11(17)16(12(18)15(8)7-19-5)10-6-9(20-14-10)13(2,3)4/h6,8,11,17H,7H2,1-5H3. The average Bonchev–Trinajstić information content (AvgIpc) is 2.90. The summed E-state index contributed by atoms with van der Waals surface area (Å²) in [5.41, 5.74) is -0.212. The lowest BCUT2D eigenvalue weighted by Crippen LogP contribution is -2.35. The van der Waals surface area contributed by atoms with Gasteiger partial charge < -0.3 is 14.4 Å². The van der Waals surface area contributed by atoms with Crippen LogP contribution < -0.4 is 4.90 Å². The molecule has 0 bridgehead atoms. The van der Waals surface area contributed by atoms with Crippen LogP contribution >= 0.6 is 0 Å². The normalized spacial score (nSPS) is 23.8. The number of anilines is 1. The van der Waals surface area contributed by atoms with Crippen LogP contribution in [0, 0.1) is 0 Å². The SMILES string of the molecule is COCN1C(=O)N(c2cc(C(C)(C)C)on2)C(O)C1C. The topological polar surface area (TPSA) is 79.0 Å². The number of aliphatic hydroxyl groups is 1. The lowest BCUT2D eigenvalue weighted by molar-refractivity contribution is 0.0502. The zero-order valence-electron chi connectivity index (χ0n) is 12.5. The quantitative estimate of drug-likeness (QED) is 0.910. The monoisotopic (exact) mass is 283 g/mol. The summed E-state index contributed by atoms with van der Waals surface area (Å²) < 4.78 is 10.2. The molecule has 1 N–H and O–H groups in total. The van der Waals surface area contributed by atoms with Crippen LogP contribution in [0.4, 0.5) is 10.6 Å². The molecular weight excluding hydrogens is 262 g/mol. The van der Waals surface area contributed by atoms with Crippen LogP contribution in [0.3, 0.4) is 0 Å². The minimum atomic E-state index is -0.976. The number of urea groups is 1. The van der Waals surface area contributed by atoms with E-state index in [1.54, 1.807) is 13.0 Å². The van der Waals surface area contributed by atoms with Gasteiger partial charge >= 0.3 is 6.03 Å². The third-order valence-corrected chi connectivity index (χ3v) is 3.39. The Labute approximate surface area is 118 Å². The molecule has 20 heavy (non-hydrogen) atoms. The Kier molecular flexibility index (Phi) is 3.75. The Bertz CT molecular complexity index is 494. The maximum absolute atomic E-state index is 12.3. The van der Waals surface area contributed by atoms with Crippen molar-refractivity contribution >= 4 is 11.8 Å². The van der Waals surface area contributed by atoms with Gasteiger partial charge in [0.15, 0.2) is 12.0 Å². The Morgan fingerprint density at radius 2 is 2.15 bits per heavy atom. The van der Waals surface area contributed by atoms with E-state index in [0.29, 0.717) is 11.6 Å². The Morgan fingerprint density at radius 1 is 1.50 bits per heavy atom. The van der Waals surface area contributed by atoms with Gasteiger partial charge in [0.1, 0.15) is 12.5 Å². The minimum Gasteiger partial charge on any atom is -0.371 e. The molecule has 112 valence electrons. The first-order valence-electron chi connectivity index (χ1n) is 6.51. The summed E-state index contributed by atoms with van der Waals surface area (Å²) in [7, 11) is 1.50. The third-order valence-electron chi connectivity index (χ3n) is 3.39. The van der Waals surface area contributed by atoms with Crippen molar-refractivity contribution in [1.82, 2.24) is 10.1 Å². The van der Waals surface area contributed by atoms with Gasteiger partial charge in [-0.3, -0.25) is 4.90 Å². The van der Waals surface area contributed by atoms with Gasteiger partial charge in [-0.2, -0.15) is 0 Å². The third kappa shape index (κ3) is 2.38. The number of carbonyl (C=O) groups excluding carboxylic acids is 1. The van der Waals surface area contributed by atoms with E-state index < -0.39 is 6.23 Å². The van der Waals surface area contributed by atoms with E-state index in [4.69, 9.17) is 9.26 Å². The summed E-state index contributed by atoms with van der Waals surface area (Å²) >= 11 is 0. The minimum absolute atomic E-state index is 0.123. The van der Waals surface area contributed by atoms with Crippen LogP contribution in [0.5, 0.6) is 0 Å². The van der Waals surface area contributed by atoms with Gasteiger partial charge in [-0.25, -0.2) is 9.69 Å². The van der Waals surface area contributed by atoms with E-state index in [-0.39, 0.29) is 24.2 Å². The summed E-state index contributed by atoms with van der Waals surface area (Å²) in [4.78, 5) is 15.0. The predicted molar refractivity (Wildman–Crippen MR) is 72.3 cm³/mol. The smallest absolute Gasteiger partial charge is 0.330 e. The predicted octanol–water partition coefficient (Wildman–Crippen LogP) is 1.52. The van der Waals surface area contributed by atoms with Crippen molar-refractivity contribution in [2.75, 3.05) is 18.7 Å². The zero-order chi connectivity index (χ0) is 15.1. The van der Waals surface area contributed by atoms with Gasteiger partial charge in [0, 0.05) is 18.6 Å². The Morgan fingerprint density at radius 3 is 2.65 bits per heavy atom. The van der Waals surface area contributed by atoms with Gasteiger partial charge in [-0.15, -0.1) is 0 Å². The molecule has 2 unspecified atom stereocenters. The Hall–Kier alpha value is -1.60. The summed E-state index contributed by atoms with van der Waals surface area (Å²) in [5, 5.41) is 14.1. The van der Waals surface area contributed by atoms with Gasteiger partial charge in [-0.1, -0.05) is 25.9 Å². The fraction of sp³-hybridized carbons (Fsp3) is 0.692. The van der Waals surface area contributed by atoms with Crippen molar-refractivity contribution in [2.24, 2.45) is 0 Å². The molecule has 1 aromatic heterocycles. The number of ether oxygens (including phenoxy) is 1. The molecule has 1 saturated heterocycles. The molecule has 2 rings (SSSR count). The number of hydrogen-bond acceptors (Lipinski definition) is 5. The number of methoxy groups -OCH3 is 1. The van der Waals surface area contributed by atoms with E-state index in [1.807, 2.05) is 20.8 Å². The molecule has 1 aromatic rings. The van der Waals surface area contributed by atoms with Crippen molar-refractivity contribution in [3.8, 4) is 0 Å². The molecule has 7 nitrogen and oxygen atoms in total. The van der Waals surface area contributed by atoms with E-state index in [9.17, 15) is 9.90 Å². The highest BCUT2D eigenvalue weighted by molar-refractivity contribution is 5.94. The molecule has 1 aliphatic heterocycles. The van der Waals surface area contributed by atoms with Crippen LogP contribution in [0.1, 0.15) is 33.5 Å². The summed E-state index contributed by atoms with van der Waals surface area (Å²) in [6, 6.07) is 0.960. The number of amides is 2. The highest BCUT2D eigenvalue weighted by atomic mass is 16.5. The van der Waals surface area contributed by atoms with Crippen LogP contribution in [0.2, 0.25) is 0 Å². The number of hydrogen-bond donors (Lipinski definition) is 1. The zero-order valence-corrected chi connectivity index (χ0v) is 12.5. The van der Waals surface area contributed by atoms with Gasteiger partial charge in [0.25, 0.3) is 0 Å². The molecule has 0 aliphatic carbocycles. The lowest BCUT2D eigenvalue weighted by atomic mass is 9.93. The molecule has 0 aromatic carbocycles. The van der Waals surface area contributed by atoms with E-state index >= 15 is 0 Å². The molecule has 0 spiro atoms. The number of aromatic nitrogens is 1. The second-order valence-electron chi connectivity index (χ2n) is 5.99. The van der Waals surface area contributed by atoms with Gasteiger partial charge in [0.05, 0.1) is 6.04 Å². The van der Waals surface area contributed by atoms with Crippen LogP contribution in [0.25, 0.3) is 0 Å². The average molecular weight is 283 g/mol. The second-order valence-corrected chi connectivity index (χ2v) is 5.99. The first-order chi connectivity index (χ1) is 9.27.